The zero-order chi connectivity index (χ0) is 22.8. The fraction of sp³-hybridized carbons (Fsp3) is 0.111. The van der Waals surface area contributed by atoms with Crippen molar-refractivity contribution in [3.63, 3.8) is 0 Å². The van der Waals surface area contributed by atoms with Gasteiger partial charge in [-0.15, -0.1) is 0 Å². The fourth-order valence-corrected chi connectivity index (χ4v) is 3.56. The first-order valence-electron chi connectivity index (χ1n) is 10.3. The highest BCUT2D eigenvalue weighted by Gasteiger charge is 2.15. The van der Waals surface area contributed by atoms with E-state index in [-0.39, 0.29) is 17.2 Å². The van der Waals surface area contributed by atoms with Gasteiger partial charge in [0, 0.05) is 17.1 Å². The van der Waals surface area contributed by atoms with Gasteiger partial charge in [-0.1, -0.05) is 12.1 Å². The Morgan fingerprint density at radius 3 is 1.59 bits per heavy atom. The second kappa shape index (κ2) is 8.55. The lowest BCUT2D eigenvalue weighted by Gasteiger charge is -2.26. The number of hydrogen-bond acceptors (Lipinski definition) is 5. The molecule has 0 saturated carbocycles. The Morgan fingerprint density at radius 2 is 1.09 bits per heavy atom. The average Bonchev–Trinajstić information content (AvgIpc) is 2.77. The number of phenols is 3. The summed E-state index contributed by atoms with van der Waals surface area (Å²) >= 11 is 0. The molecule has 162 valence electrons. The molecule has 0 aromatic heterocycles. The van der Waals surface area contributed by atoms with Crippen LogP contribution in [0.15, 0.2) is 78.9 Å². The summed E-state index contributed by atoms with van der Waals surface area (Å²) in [5.74, 6) is 1.59. The molecule has 0 radical (unpaired) electrons. The Kier molecular flexibility index (Phi) is 5.65. The quantitative estimate of drug-likeness (QED) is 0.320. The van der Waals surface area contributed by atoms with Crippen LogP contribution < -0.4 is 9.64 Å². The van der Waals surface area contributed by atoms with Crippen molar-refractivity contribution in [3.05, 3.63) is 95.6 Å². The van der Waals surface area contributed by atoms with Gasteiger partial charge in [0.25, 0.3) is 0 Å². The summed E-state index contributed by atoms with van der Waals surface area (Å²) in [5, 5.41) is 30.1. The highest BCUT2D eigenvalue weighted by molar-refractivity contribution is 5.78. The minimum Gasteiger partial charge on any atom is -0.508 e. The van der Waals surface area contributed by atoms with Crippen LogP contribution in [0.25, 0.3) is 0 Å². The number of hydrogen-bond donors (Lipinski definition) is 3. The predicted octanol–water partition coefficient (Wildman–Crippen LogP) is 6.99. The molecule has 0 bridgehead atoms. The number of aryl methyl sites for hydroxylation is 3. The Hall–Kier alpha value is -4.12. The third kappa shape index (κ3) is 4.18. The minimum atomic E-state index is 0.0924. The van der Waals surface area contributed by atoms with E-state index in [4.69, 9.17) is 4.74 Å². The van der Waals surface area contributed by atoms with Crippen molar-refractivity contribution in [2.75, 3.05) is 4.90 Å². The van der Waals surface area contributed by atoms with E-state index in [0.717, 1.165) is 33.8 Å². The number of ether oxygens (including phenoxy) is 1. The van der Waals surface area contributed by atoms with E-state index in [1.807, 2.05) is 80.3 Å². The topological polar surface area (TPSA) is 73.2 Å². The molecule has 4 aromatic carbocycles. The molecule has 0 fully saturated rings. The van der Waals surface area contributed by atoms with Crippen LogP contribution in [0, 0.1) is 20.8 Å². The number of para-hydroxylation sites is 1. The fourth-order valence-electron chi connectivity index (χ4n) is 3.56. The molecule has 4 rings (SSSR count). The number of anilines is 3. The molecular formula is C27H25NO4. The smallest absolute Gasteiger partial charge is 0.171 e. The van der Waals surface area contributed by atoms with Gasteiger partial charge in [-0.25, -0.2) is 0 Å². The van der Waals surface area contributed by atoms with Crippen molar-refractivity contribution in [1.29, 1.82) is 0 Å². The Labute approximate surface area is 187 Å². The largest absolute Gasteiger partial charge is 0.508 e. The molecule has 5 heteroatoms. The van der Waals surface area contributed by atoms with E-state index in [0.29, 0.717) is 11.5 Å². The molecule has 4 aromatic rings. The lowest BCUT2D eigenvalue weighted by atomic mass is 10.1. The SMILES string of the molecule is Cc1cc(N(c2ccc(Oc3c(C)cccc3O)cc2)c2ccc(O)c(C)c2)ccc1O. The Balaban J connectivity index is 1.74. The van der Waals surface area contributed by atoms with Crippen LogP contribution in [0.5, 0.6) is 28.7 Å². The molecule has 0 aliphatic rings. The van der Waals surface area contributed by atoms with Crippen LogP contribution in [-0.4, -0.2) is 15.3 Å². The van der Waals surface area contributed by atoms with Crippen LogP contribution >= 0.6 is 0 Å². The maximum absolute atomic E-state index is 10.1. The second-order valence-electron chi connectivity index (χ2n) is 7.80. The molecule has 0 amide bonds. The molecule has 0 atom stereocenters. The van der Waals surface area contributed by atoms with Crippen LogP contribution in [0.1, 0.15) is 16.7 Å². The van der Waals surface area contributed by atoms with Gasteiger partial charge in [-0.05, 0) is 104 Å². The van der Waals surface area contributed by atoms with E-state index >= 15 is 0 Å². The van der Waals surface area contributed by atoms with Crippen molar-refractivity contribution in [1.82, 2.24) is 0 Å². The normalized spacial score (nSPS) is 10.7. The lowest BCUT2D eigenvalue weighted by Crippen LogP contribution is -2.10. The van der Waals surface area contributed by atoms with E-state index < -0.39 is 0 Å². The first kappa shape index (κ1) is 21.1. The third-order valence-electron chi connectivity index (χ3n) is 5.38. The van der Waals surface area contributed by atoms with Crippen molar-refractivity contribution >= 4 is 17.1 Å². The van der Waals surface area contributed by atoms with Crippen LogP contribution in [0.2, 0.25) is 0 Å². The third-order valence-corrected chi connectivity index (χ3v) is 5.38. The number of phenolic OH excluding ortho intramolecular Hbond substituents is 3. The second-order valence-corrected chi connectivity index (χ2v) is 7.80. The number of nitrogens with zero attached hydrogens (tertiary/aromatic N) is 1. The summed E-state index contributed by atoms with van der Waals surface area (Å²) in [6, 6.07) is 23.6. The van der Waals surface area contributed by atoms with Crippen LogP contribution in [-0.2, 0) is 0 Å². The van der Waals surface area contributed by atoms with E-state index in [9.17, 15) is 15.3 Å². The minimum absolute atomic E-state index is 0.0924. The van der Waals surface area contributed by atoms with E-state index in [2.05, 4.69) is 0 Å². The van der Waals surface area contributed by atoms with Gasteiger partial charge in [-0.2, -0.15) is 0 Å². The highest BCUT2D eigenvalue weighted by atomic mass is 16.5. The molecule has 0 unspecified atom stereocenters. The first-order chi connectivity index (χ1) is 15.3. The summed E-state index contributed by atoms with van der Waals surface area (Å²) < 4.78 is 5.92. The molecule has 0 saturated heterocycles. The van der Waals surface area contributed by atoms with Crippen molar-refractivity contribution in [3.8, 4) is 28.7 Å². The summed E-state index contributed by atoms with van der Waals surface area (Å²) in [7, 11) is 0. The maximum atomic E-state index is 10.1. The standard InChI is InChI=1S/C27H25NO4/c1-17-5-4-6-26(31)27(17)32-23-11-7-20(8-12-23)28(21-9-13-24(29)18(2)15-21)22-10-14-25(30)19(3)16-22/h4-16,29-31H,1-3H3. The zero-order valence-corrected chi connectivity index (χ0v) is 18.2. The monoisotopic (exact) mass is 427 g/mol. The van der Waals surface area contributed by atoms with Gasteiger partial charge < -0.3 is 25.0 Å². The van der Waals surface area contributed by atoms with Crippen molar-refractivity contribution in [2.24, 2.45) is 0 Å². The molecular weight excluding hydrogens is 402 g/mol. The van der Waals surface area contributed by atoms with Gasteiger partial charge in [0.05, 0.1) is 0 Å². The average molecular weight is 428 g/mol. The number of benzene rings is 4. The molecule has 0 heterocycles. The number of rotatable bonds is 5. The Bertz CT molecular complexity index is 1190. The van der Waals surface area contributed by atoms with Gasteiger partial charge in [0.1, 0.15) is 17.2 Å². The highest BCUT2D eigenvalue weighted by Crippen LogP contribution is 2.39. The van der Waals surface area contributed by atoms with Crippen LogP contribution in [0.3, 0.4) is 0 Å². The molecule has 32 heavy (non-hydrogen) atoms. The molecule has 0 aliphatic carbocycles. The first-order valence-corrected chi connectivity index (χ1v) is 10.3. The Morgan fingerprint density at radius 1 is 0.562 bits per heavy atom. The van der Waals surface area contributed by atoms with Crippen molar-refractivity contribution in [2.45, 2.75) is 20.8 Å². The van der Waals surface area contributed by atoms with Gasteiger partial charge in [0.2, 0.25) is 0 Å². The van der Waals surface area contributed by atoms with Gasteiger partial charge in [-0.3, -0.25) is 0 Å². The van der Waals surface area contributed by atoms with Gasteiger partial charge >= 0.3 is 0 Å². The summed E-state index contributed by atoms with van der Waals surface area (Å²) in [4.78, 5) is 2.04. The van der Waals surface area contributed by atoms with Crippen molar-refractivity contribution < 1.29 is 20.1 Å². The lowest BCUT2D eigenvalue weighted by molar-refractivity contribution is 0.409. The molecule has 0 spiro atoms. The summed E-state index contributed by atoms with van der Waals surface area (Å²) in [5.41, 5.74) is 4.98. The van der Waals surface area contributed by atoms with E-state index in [1.54, 1.807) is 24.3 Å². The molecule has 5 nitrogen and oxygen atoms in total. The maximum Gasteiger partial charge on any atom is 0.171 e. The summed E-state index contributed by atoms with van der Waals surface area (Å²) in [6.07, 6.45) is 0. The summed E-state index contributed by atoms with van der Waals surface area (Å²) in [6.45, 7) is 5.58. The van der Waals surface area contributed by atoms with E-state index in [1.165, 1.54) is 0 Å². The zero-order valence-electron chi connectivity index (χ0n) is 18.2. The van der Waals surface area contributed by atoms with Crippen LogP contribution in [0.4, 0.5) is 17.1 Å². The molecule has 0 aliphatic heterocycles. The van der Waals surface area contributed by atoms with Gasteiger partial charge in [0.15, 0.2) is 11.5 Å². The molecule has 3 N–H and O–H groups in total. The number of aromatic hydroxyl groups is 3. The predicted molar refractivity (Wildman–Crippen MR) is 127 cm³/mol.